The summed E-state index contributed by atoms with van der Waals surface area (Å²) in [7, 11) is 0. The number of nitrogens with one attached hydrogen (secondary N) is 1. The lowest BCUT2D eigenvalue weighted by Crippen LogP contribution is -2.34. The third kappa shape index (κ3) is 4.66. The summed E-state index contributed by atoms with van der Waals surface area (Å²) < 4.78 is 5.26. The van der Waals surface area contributed by atoms with E-state index >= 15 is 0 Å². The molecule has 0 radical (unpaired) electrons. The second-order valence-electron chi connectivity index (χ2n) is 6.92. The van der Waals surface area contributed by atoms with Crippen LogP contribution in [0.2, 0.25) is 0 Å². The molecule has 3 aromatic rings. The van der Waals surface area contributed by atoms with Gasteiger partial charge in [-0.1, -0.05) is 29.4 Å². The summed E-state index contributed by atoms with van der Waals surface area (Å²) in [5.74, 6) is 0.480. The molecule has 1 N–H and O–H groups in total. The molecule has 8 nitrogen and oxygen atoms in total. The van der Waals surface area contributed by atoms with Crippen molar-refractivity contribution in [3.05, 3.63) is 66.2 Å². The highest BCUT2D eigenvalue weighted by Gasteiger charge is 2.34. The van der Waals surface area contributed by atoms with Crippen molar-refractivity contribution in [2.75, 3.05) is 13.1 Å². The molecule has 1 unspecified atom stereocenters. The highest BCUT2D eigenvalue weighted by molar-refractivity contribution is 5.89. The fourth-order valence-corrected chi connectivity index (χ4v) is 3.28. The van der Waals surface area contributed by atoms with E-state index < -0.39 is 0 Å². The van der Waals surface area contributed by atoms with Crippen LogP contribution in [0.5, 0.6) is 0 Å². The zero-order chi connectivity index (χ0) is 20.1. The third-order valence-corrected chi connectivity index (χ3v) is 4.80. The van der Waals surface area contributed by atoms with Gasteiger partial charge in [0.25, 0.3) is 5.89 Å². The van der Waals surface area contributed by atoms with Crippen LogP contribution in [0.4, 0.5) is 0 Å². The SMILES string of the molecule is O=C(NCCc1noc(-c2ccccc2)n1)C1CC(=O)N(Cc2ccccn2)C1. The molecule has 0 bridgehead atoms. The fraction of sp³-hybridized carbons (Fsp3) is 0.286. The molecule has 0 spiro atoms. The van der Waals surface area contributed by atoms with E-state index in [-0.39, 0.29) is 24.2 Å². The molecule has 2 aromatic heterocycles. The number of hydrogen-bond donors (Lipinski definition) is 1. The zero-order valence-corrected chi connectivity index (χ0v) is 15.8. The molecular weight excluding hydrogens is 370 g/mol. The highest BCUT2D eigenvalue weighted by atomic mass is 16.5. The van der Waals surface area contributed by atoms with Crippen LogP contribution >= 0.6 is 0 Å². The Kier molecular flexibility index (Phi) is 5.60. The second kappa shape index (κ2) is 8.64. The van der Waals surface area contributed by atoms with Gasteiger partial charge in [-0.15, -0.1) is 0 Å². The first-order valence-electron chi connectivity index (χ1n) is 9.52. The van der Waals surface area contributed by atoms with Gasteiger partial charge in [-0.3, -0.25) is 14.6 Å². The Bertz CT molecular complexity index is 974. The molecule has 8 heteroatoms. The maximum Gasteiger partial charge on any atom is 0.257 e. The lowest BCUT2D eigenvalue weighted by atomic mass is 10.1. The molecule has 148 valence electrons. The van der Waals surface area contributed by atoms with E-state index in [0.717, 1.165) is 11.3 Å². The predicted octanol–water partition coefficient (Wildman–Crippen LogP) is 1.84. The van der Waals surface area contributed by atoms with E-state index in [1.165, 1.54) is 0 Å². The first-order valence-corrected chi connectivity index (χ1v) is 9.52. The van der Waals surface area contributed by atoms with Crippen LogP contribution in [0, 0.1) is 5.92 Å². The molecule has 3 heterocycles. The summed E-state index contributed by atoms with van der Waals surface area (Å²) in [6.45, 7) is 1.22. The summed E-state index contributed by atoms with van der Waals surface area (Å²) in [6.07, 6.45) is 2.38. The standard InChI is InChI=1S/C21H21N5O3/c27-19-12-16(13-26(19)14-17-8-4-5-10-22-17)20(28)23-11-9-18-24-21(29-25-18)15-6-2-1-3-7-15/h1-8,10,16H,9,11-14H2,(H,23,28). The maximum atomic E-state index is 12.4. The van der Waals surface area contributed by atoms with Crippen molar-refractivity contribution in [2.45, 2.75) is 19.4 Å². The van der Waals surface area contributed by atoms with Crippen molar-refractivity contribution >= 4 is 11.8 Å². The number of likely N-dealkylation sites (tertiary alicyclic amines) is 1. The second-order valence-corrected chi connectivity index (χ2v) is 6.92. The summed E-state index contributed by atoms with van der Waals surface area (Å²) in [6, 6.07) is 15.1. The minimum atomic E-state index is -0.351. The number of nitrogens with zero attached hydrogens (tertiary/aromatic N) is 4. The van der Waals surface area contributed by atoms with Gasteiger partial charge >= 0.3 is 0 Å². The topological polar surface area (TPSA) is 101 Å². The third-order valence-electron chi connectivity index (χ3n) is 4.80. The summed E-state index contributed by atoms with van der Waals surface area (Å²) in [5.41, 5.74) is 1.67. The molecule has 1 aliphatic rings. The van der Waals surface area contributed by atoms with E-state index in [1.807, 2.05) is 48.5 Å². The van der Waals surface area contributed by atoms with Crippen LogP contribution < -0.4 is 5.32 Å². The molecule has 1 aliphatic heterocycles. The fourth-order valence-electron chi connectivity index (χ4n) is 3.28. The predicted molar refractivity (Wildman–Crippen MR) is 104 cm³/mol. The minimum Gasteiger partial charge on any atom is -0.355 e. The van der Waals surface area contributed by atoms with Gasteiger partial charge in [-0.05, 0) is 24.3 Å². The van der Waals surface area contributed by atoms with E-state index in [0.29, 0.717) is 37.8 Å². The normalized spacial score (nSPS) is 16.2. The quantitative estimate of drug-likeness (QED) is 0.659. The Labute approximate surface area is 167 Å². The largest absolute Gasteiger partial charge is 0.355 e. The lowest BCUT2D eigenvalue weighted by Gasteiger charge is -2.16. The Hall–Kier alpha value is -3.55. The van der Waals surface area contributed by atoms with Gasteiger partial charge in [0.05, 0.1) is 18.2 Å². The number of hydrogen-bond acceptors (Lipinski definition) is 6. The lowest BCUT2D eigenvalue weighted by molar-refractivity contribution is -0.129. The van der Waals surface area contributed by atoms with Crippen LogP contribution in [0.15, 0.2) is 59.3 Å². The van der Waals surface area contributed by atoms with E-state index in [2.05, 4.69) is 20.4 Å². The molecule has 29 heavy (non-hydrogen) atoms. The Morgan fingerprint density at radius 1 is 1.17 bits per heavy atom. The Morgan fingerprint density at radius 3 is 2.79 bits per heavy atom. The van der Waals surface area contributed by atoms with Gasteiger partial charge in [0, 0.05) is 37.7 Å². The van der Waals surface area contributed by atoms with Gasteiger partial charge in [0.1, 0.15) is 0 Å². The van der Waals surface area contributed by atoms with Crippen LogP contribution in [-0.2, 0) is 22.6 Å². The van der Waals surface area contributed by atoms with E-state index in [9.17, 15) is 9.59 Å². The number of amides is 2. The van der Waals surface area contributed by atoms with E-state index in [4.69, 9.17) is 4.52 Å². The first kappa shape index (κ1) is 18.8. The molecule has 1 atom stereocenters. The average molecular weight is 391 g/mol. The van der Waals surface area contributed by atoms with Crippen LogP contribution in [0.1, 0.15) is 17.9 Å². The van der Waals surface area contributed by atoms with Crippen molar-refractivity contribution in [3.8, 4) is 11.5 Å². The monoisotopic (exact) mass is 391 g/mol. The molecule has 4 rings (SSSR count). The molecule has 1 aromatic carbocycles. The number of benzene rings is 1. The van der Waals surface area contributed by atoms with Gasteiger partial charge in [-0.25, -0.2) is 0 Å². The van der Waals surface area contributed by atoms with Crippen molar-refractivity contribution in [3.63, 3.8) is 0 Å². The van der Waals surface area contributed by atoms with Crippen molar-refractivity contribution in [1.82, 2.24) is 25.3 Å². The average Bonchev–Trinajstić information content (AvgIpc) is 3.37. The Balaban J connectivity index is 1.25. The van der Waals surface area contributed by atoms with Gasteiger partial charge in [-0.2, -0.15) is 4.98 Å². The van der Waals surface area contributed by atoms with Gasteiger partial charge in [0.2, 0.25) is 11.8 Å². The van der Waals surface area contributed by atoms with Gasteiger partial charge < -0.3 is 14.7 Å². The van der Waals surface area contributed by atoms with Crippen molar-refractivity contribution in [1.29, 1.82) is 0 Å². The van der Waals surface area contributed by atoms with Crippen molar-refractivity contribution in [2.24, 2.45) is 5.92 Å². The van der Waals surface area contributed by atoms with Crippen LogP contribution in [-0.4, -0.2) is 44.9 Å². The minimum absolute atomic E-state index is 0.0264. The van der Waals surface area contributed by atoms with Crippen LogP contribution in [0.3, 0.4) is 0 Å². The molecule has 2 amide bonds. The first-order chi connectivity index (χ1) is 14.2. The molecule has 0 saturated carbocycles. The zero-order valence-electron chi connectivity index (χ0n) is 15.8. The van der Waals surface area contributed by atoms with Gasteiger partial charge in [0.15, 0.2) is 5.82 Å². The summed E-state index contributed by atoms with van der Waals surface area (Å²) in [4.78, 5) is 34.9. The molecule has 1 saturated heterocycles. The smallest absolute Gasteiger partial charge is 0.257 e. The number of rotatable bonds is 7. The van der Waals surface area contributed by atoms with E-state index in [1.54, 1.807) is 11.1 Å². The number of pyridine rings is 1. The van der Waals surface area contributed by atoms with Crippen LogP contribution in [0.25, 0.3) is 11.5 Å². The number of aromatic nitrogens is 3. The maximum absolute atomic E-state index is 12.4. The summed E-state index contributed by atoms with van der Waals surface area (Å²) in [5, 5.41) is 6.82. The van der Waals surface area contributed by atoms with Crippen molar-refractivity contribution < 1.29 is 14.1 Å². The number of carbonyl (C=O) groups is 2. The number of carbonyl (C=O) groups excluding carboxylic acids is 2. The Morgan fingerprint density at radius 2 is 2.00 bits per heavy atom. The molecule has 1 fully saturated rings. The summed E-state index contributed by atoms with van der Waals surface area (Å²) >= 11 is 0. The molecular formula is C21H21N5O3. The molecule has 0 aliphatic carbocycles. The highest BCUT2D eigenvalue weighted by Crippen LogP contribution is 2.20.